The highest BCUT2D eigenvalue weighted by Gasteiger charge is 1.89. The fourth-order valence-electron chi connectivity index (χ4n) is 1.24. The molecule has 0 radical (unpaired) electrons. The summed E-state index contributed by atoms with van der Waals surface area (Å²) in [5.41, 5.74) is 1.95. The molecule has 0 fully saturated rings. The number of nitrogens with zero attached hydrogens (tertiary/aromatic N) is 1. The first-order valence-corrected chi connectivity index (χ1v) is 5.07. The Morgan fingerprint density at radius 1 is 0.933 bits per heavy atom. The lowest BCUT2D eigenvalue weighted by Gasteiger charge is -1.94. The van der Waals surface area contributed by atoms with Crippen LogP contribution in [0.1, 0.15) is 5.56 Å². The predicted molar refractivity (Wildman–Crippen MR) is 65.1 cm³/mol. The lowest BCUT2D eigenvalue weighted by atomic mass is 10.2. The Kier molecular flexibility index (Phi) is 3.15. The van der Waals surface area contributed by atoms with Crippen molar-refractivity contribution in [2.24, 2.45) is 4.99 Å². The summed E-state index contributed by atoms with van der Waals surface area (Å²) in [6.07, 6.45) is 1.83. The van der Waals surface area contributed by atoms with Crippen LogP contribution in [0.4, 0.5) is 5.69 Å². The summed E-state index contributed by atoms with van der Waals surface area (Å²) in [5.74, 6) is 0. The van der Waals surface area contributed by atoms with Gasteiger partial charge in [0, 0.05) is 11.2 Å². The van der Waals surface area contributed by atoms with Crippen molar-refractivity contribution in [1.29, 1.82) is 0 Å². The van der Waals surface area contributed by atoms with Crippen LogP contribution in [0.25, 0.3) is 0 Å². The molecule has 0 amide bonds. The van der Waals surface area contributed by atoms with Gasteiger partial charge in [0.25, 0.3) is 0 Å². The minimum atomic E-state index is 0.706. The second-order valence-corrected chi connectivity index (χ2v) is 3.59. The largest absolute Gasteiger partial charge is 0.256 e. The zero-order chi connectivity index (χ0) is 10.5. The maximum atomic E-state index is 5.85. The third-order valence-electron chi connectivity index (χ3n) is 1.97. The molecule has 2 heteroatoms. The minimum Gasteiger partial charge on any atom is -0.256 e. The normalized spacial score (nSPS) is 10.7. The van der Waals surface area contributed by atoms with Gasteiger partial charge >= 0.3 is 0 Å². The first-order chi connectivity index (χ1) is 7.34. The van der Waals surface area contributed by atoms with Crippen molar-refractivity contribution in [3.63, 3.8) is 0 Å². The second-order valence-electron chi connectivity index (χ2n) is 3.15. The van der Waals surface area contributed by atoms with E-state index in [0.717, 1.165) is 11.3 Å². The highest BCUT2D eigenvalue weighted by atomic mass is 35.5. The summed E-state index contributed by atoms with van der Waals surface area (Å²) in [5, 5.41) is 0.706. The van der Waals surface area contributed by atoms with Gasteiger partial charge in [-0.05, 0) is 23.8 Å². The number of benzene rings is 2. The molecule has 0 heterocycles. The standard InChI is InChI=1S/C13H10ClN/c14-12-7-4-8-13(9-12)15-10-11-5-2-1-3-6-11/h1-10H. The topological polar surface area (TPSA) is 12.4 Å². The number of aliphatic imine (C=N–C) groups is 1. The van der Waals surface area contributed by atoms with E-state index in [1.807, 2.05) is 60.8 Å². The smallest absolute Gasteiger partial charge is 0.0644 e. The van der Waals surface area contributed by atoms with E-state index in [-0.39, 0.29) is 0 Å². The molecule has 74 valence electrons. The van der Waals surface area contributed by atoms with Crippen LogP contribution in [0, 0.1) is 0 Å². The Morgan fingerprint density at radius 3 is 2.47 bits per heavy atom. The minimum absolute atomic E-state index is 0.706. The van der Waals surface area contributed by atoms with Gasteiger partial charge in [0.1, 0.15) is 0 Å². The van der Waals surface area contributed by atoms with Crippen LogP contribution >= 0.6 is 11.6 Å². The summed E-state index contributed by atoms with van der Waals surface area (Å²) in [7, 11) is 0. The van der Waals surface area contributed by atoms with E-state index in [1.54, 1.807) is 0 Å². The van der Waals surface area contributed by atoms with Gasteiger partial charge in [0.15, 0.2) is 0 Å². The number of halogens is 1. The number of hydrogen-bond donors (Lipinski definition) is 0. The van der Waals surface area contributed by atoms with Gasteiger partial charge in [0.05, 0.1) is 5.69 Å². The molecule has 0 aromatic heterocycles. The molecule has 0 atom stereocenters. The number of rotatable bonds is 2. The maximum absolute atomic E-state index is 5.85. The van der Waals surface area contributed by atoms with Gasteiger partial charge in [-0.15, -0.1) is 0 Å². The SMILES string of the molecule is Clc1cccc(N=Cc2ccccc2)c1. The molecule has 0 N–H and O–H groups in total. The summed E-state index contributed by atoms with van der Waals surface area (Å²) < 4.78 is 0. The second kappa shape index (κ2) is 4.76. The molecule has 0 spiro atoms. The Morgan fingerprint density at radius 2 is 1.73 bits per heavy atom. The van der Waals surface area contributed by atoms with Gasteiger partial charge in [0.2, 0.25) is 0 Å². The molecule has 2 aromatic carbocycles. The Balaban J connectivity index is 2.19. The highest BCUT2D eigenvalue weighted by Crippen LogP contribution is 2.17. The van der Waals surface area contributed by atoms with E-state index in [2.05, 4.69) is 4.99 Å². The van der Waals surface area contributed by atoms with Crippen molar-refractivity contribution in [3.05, 3.63) is 65.2 Å². The molecule has 1 nitrogen and oxygen atoms in total. The van der Waals surface area contributed by atoms with Gasteiger partial charge < -0.3 is 0 Å². The summed E-state index contributed by atoms with van der Waals surface area (Å²) in [6.45, 7) is 0. The quantitative estimate of drug-likeness (QED) is 0.669. The summed E-state index contributed by atoms with van der Waals surface area (Å²) >= 11 is 5.85. The molecule has 2 rings (SSSR count). The van der Waals surface area contributed by atoms with Crippen molar-refractivity contribution in [2.45, 2.75) is 0 Å². The highest BCUT2D eigenvalue weighted by molar-refractivity contribution is 6.30. The third kappa shape index (κ3) is 2.93. The van der Waals surface area contributed by atoms with E-state index in [0.29, 0.717) is 5.02 Å². The van der Waals surface area contributed by atoms with E-state index in [1.165, 1.54) is 0 Å². The van der Waals surface area contributed by atoms with Crippen LogP contribution in [0.2, 0.25) is 5.02 Å². The molecule has 15 heavy (non-hydrogen) atoms. The van der Waals surface area contributed by atoms with Crippen molar-refractivity contribution in [3.8, 4) is 0 Å². The van der Waals surface area contributed by atoms with E-state index >= 15 is 0 Å². The summed E-state index contributed by atoms with van der Waals surface area (Å²) in [6, 6.07) is 17.5. The summed E-state index contributed by atoms with van der Waals surface area (Å²) in [4.78, 5) is 4.33. The van der Waals surface area contributed by atoms with Crippen LogP contribution in [0.5, 0.6) is 0 Å². The van der Waals surface area contributed by atoms with Crippen LogP contribution in [0.3, 0.4) is 0 Å². The first kappa shape index (κ1) is 9.94. The zero-order valence-electron chi connectivity index (χ0n) is 8.10. The first-order valence-electron chi connectivity index (χ1n) is 4.69. The molecular weight excluding hydrogens is 206 g/mol. The third-order valence-corrected chi connectivity index (χ3v) is 2.21. The molecule has 0 bridgehead atoms. The van der Waals surface area contributed by atoms with Crippen LogP contribution < -0.4 is 0 Å². The lowest BCUT2D eigenvalue weighted by Crippen LogP contribution is -1.77. The Bertz CT molecular complexity index is 463. The lowest BCUT2D eigenvalue weighted by molar-refractivity contribution is 1.52. The van der Waals surface area contributed by atoms with Crippen LogP contribution in [-0.4, -0.2) is 6.21 Å². The molecule has 0 aliphatic heterocycles. The Hall–Kier alpha value is -1.60. The van der Waals surface area contributed by atoms with Crippen molar-refractivity contribution >= 4 is 23.5 Å². The Labute approximate surface area is 94.1 Å². The average molecular weight is 216 g/mol. The van der Waals surface area contributed by atoms with Crippen LogP contribution in [-0.2, 0) is 0 Å². The molecular formula is C13H10ClN. The zero-order valence-corrected chi connectivity index (χ0v) is 8.85. The molecule has 0 saturated heterocycles. The fourth-order valence-corrected chi connectivity index (χ4v) is 1.43. The molecule has 0 unspecified atom stereocenters. The molecule has 0 aliphatic rings. The predicted octanol–water partition coefficient (Wildman–Crippen LogP) is 4.09. The van der Waals surface area contributed by atoms with Crippen LogP contribution in [0.15, 0.2) is 59.6 Å². The molecule has 0 saturated carbocycles. The monoisotopic (exact) mass is 215 g/mol. The van der Waals surface area contributed by atoms with Gasteiger partial charge in [-0.2, -0.15) is 0 Å². The van der Waals surface area contributed by atoms with E-state index in [4.69, 9.17) is 11.6 Å². The molecule has 0 aliphatic carbocycles. The number of hydrogen-bond acceptors (Lipinski definition) is 1. The van der Waals surface area contributed by atoms with E-state index in [9.17, 15) is 0 Å². The van der Waals surface area contributed by atoms with Crippen molar-refractivity contribution < 1.29 is 0 Å². The van der Waals surface area contributed by atoms with E-state index < -0.39 is 0 Å². The van der Waals surface area contributed by atoms with Crippen molar-refractivity contribution in [1.82, 2.24) is 0 Å². The van der Waals surface area contributed by atoms with Gasteiger partial charge in [-0.1, -0.05) is 48.0 Å². The average Bonchev–Trinajstić information content (AvgIpc) is 2.28. The maximum Gasteiger partial charge on any atom is 0.0644 e. The van der Waals surface area contributed by atoms with Crippen molar-refractivity contribution in [2.75, 3.05) is 0 Å². The van der Waals surface area contributed by atoms with Gasteiger partial charge in [-0.3, -0.25) is 4.99 Å². The molecule has 2 aromatic rings. The fraction of sp³-hybridized carbons (Fsp3) is 0. The van der Waals surface area contributed by atoms with Gasteiger partial charge in [-0.25, -0.2) is 0 Å².